The SMILES string of the molecule is CCC(O)COc1c2c(c(OCC(O)CC)c3ccc(C)cc13)C1(C)CCC2C1. The zero-order valence-electron chi connectivity index (χ0n) is 18.1. The quantitative estimate of drug-likeness (QED) is 0.658. The third kappa shape index (κ3) is 3.51. The van der Waals surface area contributed by atoms with Crippen molar-refractivity contribution in [1.82, 2.24) is 0 Å². The van der Waals surface area contributed by atoms with E-state index in [-0.39, 0.29) is 5.41 Å². The zero-order chi connectivity index (χ0) is 20.8. The molecule has 4 heteroatoms. The Labute approximate surface area is 173 Å². The molecule has 0 saturated heterocycles. The molecule has 4 unspecified atom stereocenters. The number of aryl methyl sites for hydroxylation is 1. The summed E-state index contributed by atoms with van der Waals surface area (Å²) in [6.45, 7) is 8.99. The van der Waals surface area contributed by atoms with Crippen molar-refractivity contribution < 1.29 is 19.7 Å². The highest BCUT2D eigenvalue weighted by molar-refractivity contribution is 5.98. The Morgan fingerprint density at radius 1 is 1.03 bits per heavy atom. The predicted molar refractivity (Wildman–Crippen MR) is 116 cm³/mol. The minimum Gasteiger partial charge on any atom is -0.490 e. The maximum Gasteiger partial charge on any atom is 0.131 e. The molecule has 4 rings (SSSR count). The van der Waals surface area contributed by atoms with Crippen LogP contribution in [0, 0.1) is 6.92 Å². The maximum absolute atomic E-state index is 10.1. The number of hydrogen-bond donors (Lipinski definition) is 2. The van der Waals surface area contributed by atoms with Crippen LogP contribution in [0.25, 0.3) is 10.8 Å². The Morgan fingerprint density at radius 2 is 1.69 bits per heavy atom. The molecule has 1 fully saturated rings. The van der Waals surface area contributed by atoms with E-state index in [0.717, 1.165) is 35.1 Å². The fourth-order valence-electron chi connectivity index (χ4n) is 5.16. The summed E-state index contributed by atoms with van der Waals surface area (Å²) in [5.74, 6) is 2.34. The monoisotopic (exact) mass is 398 g/mol. The molecule has 29 heavy (non-hydrogen) atoms. The van der Waals surface area contributed by atoms with Crippen LogP contribution in [0.1, 0.15) is 75.5 Å². The summed E-state index contributed by atoms with van der Waals surface area (Å²) in [6.07, 6.45) is 3.88. The summed E-state index contributed by atoms with van der Waals surface area (Å²) in [5.41, 5.74) is 3.82. The van der Waals surface area contributed by atoms with Crippen molar-refractivity contribution in [1.29, 1.82) is 0 Å². The molecule has 2 aliphatic carbocycles. The highest BCUT2D eigenvalue weighted by Gasteiger charge is 2.50. The van der Waals surface area contributed by atoms with Crippen LogP contribution in [-0.4, -0.2) is 35.6 Å². The standard InChI is InChI=1S/C25H34O4/c1-5-17(26)13-28-23-20-11-15(3)7-8-19(20)24(29-14-18(27)6-2)22-21(23)16-9-10-25(22,4)12-16/h7-8,11,16-18,26-27H,5-6,9-10,12-14H2,1-4H3. The van der Waals surface area contributed by atoms with Crippen LogP contribution in [0.3, 0.4) is 0 Å². The molecule has 0 spiro atoms. The molecule has 0 heterocycles. The van der Waals surface area contributed by atoms with E-state index in [4.69, 9.17) is 9.47 Å². The molecule has 0 aromatic heterocycles. The van der Waals surface area contributed by atoms with Gasteiger partial charge < -0.3 is 19.7 Å². The first-order valence-corrected chi connectivity index (χ1v) is 11.1. The smallest absolute Gasteiger partial charge is 0.131 e. The van der Waals surface area contributed by atoms with E-state index in [2.05, 4.69) is 32.0 Å². The van der Waals surface area contributed by atoms with Gasteiger partial charge in [-0.1, -0.05) is 38.5 Å². The van der Waals surface area contributed by atoms with Crippen molar-refractivity contribution in [2.24, 2.45) is 0 Å². The van der Waals surface area contributed by atoms with Crippen molar-refractivity contribution in [2.75, 3.05) is 13.2 Å². The molecular formula is C25H34O4. The van der Waals surface area contributed by atoms with E-state index in [9.17, 15) is 10.2 Å². The lowest BCUT2D eigenvalue weighted by Crippen LogP contribution is -2.22. The van der Waals surface area contributed by atoms with Gasteiger partial charge in [-0.2, -0.15) is 0 Å². The first-order valence-electron chi connectivity index (χ1n) is 11.1. The number of rotatable bonds is 8. The average molecular weight is 399 g/mol. The topological polar surface area (TPSA) is 58.9 Å². The van der Waals surface area contributed by atoms with Gasteiger partial charge in [-0.05, 0) is 56.4 Å². The lowest BCUT2D eigenvalue weighted by atomic mass is 9.78. The van der Waals surface area contributed by atoms with Crippen LogP contribution < -0.4 is 9.47 Å². The molecule has 158 valence electrons. The lowest BCUT2D eigenvalue weighted by molar-refractivity contribution is 0.102. The summed E-state index contributed by atoms with van der Waals surface area (Å²) in [4.78, 5) is 0. The van der Waals surface area contributed by atoms with E-state index >= 15 is 0 Å². The summed E-state index contributed by atoms with van der Waals surface area (Å²) in [7, 11) is 0. The van der Waals surface area contributed by atoms with Crippen LogP contribution in [0.2, 0.25) is 0 Å². The van der Waals surface area contributed by atoms with E-state index in [1.807, 2.05) is 13.8 Å². The first kappa shape index (κ1) is 20.5. The van der Waals surface area contributed by atoms with Gasteiger partial charge in [-0.25, -0.2) is 0 Å². The van der Waals surface area contributed by atoms with Crippen LogP contribution in [-0.2, 0) is 5.41 Å². The molecule has 2 aliphatic rings. The zero-order valence-corrected chi connectivity index (χ0v) is 18.1. The van der Waals surface area contributed by atoms with E-state index in [1.165, 1.54) is 23.1 Å². The number of fused-ring (bicyclic) bond motifs is 6. The Morgan fingerprint density at radius 3 is 2.34 bits per heavy atom. The molecule has 4 nitrogen and oxygen atoms in total. The molecule has 2 bridgehead atoms. The molecule has 4 atom stereocenters. The van der Waals surface area contributed by atoms with Gasteiger partial charge in [-0.15, -0.1) is 0 Å². The second-order valence-corrected chi connectivity index (χ2v) is 9.24. The van der Waals surface area contributed by atoms with Crippen LogP contribution in [0.4, 0.5) is 0 Å². The molecule has 1 saturated carbocycles. The largest absolute Gasteiger partial charge is 0.490 e. The third-order valence-electron chi connectivity index (χ3n) is 6.94. The molecular weight excluding hydrogens is 364 g/mol. The van der Waals surface area contributed by atoms with E-state index < -0.39 is 12.2 Å². The summed E-state index contributed by atoms with van der Waals surface area (Å²) < 4.78 is 12.6. The van der Waals surface area contributed by atoms with Gasteiger partial charge in [-0.3, -0.25) is 0 Å². The normalized spacial score (nSPS) is 24.6. The molecule has 0 aliphatic heterocycles. The van der Waals surface area contributed by atoms with Crippen molar-refractivity contribution in [2.45, 2.75) is 83.3 Å². The highest BCUT2D eigenvalue weighted by atomic mass is 16.5. The van der Waals surface area contributed by atoms with Crippen LogP contribution >= 0.6 is 0 Å². The van der Waals surface area contributed by atoms with Crippen LogP contribution in [0.15, 0.2) is 18.2 Å². The molecule has 0 radical (unpaired) electrons. The van der Waals surface area contributed by atoms with Gasteiger partial charge in [0.2, 0.25) is 0 Å². The minimum atomic E-state index is -0.465. The fraction of sp³-hybridized carbons (Fsp3) is 0.600. The molecule has 2 N–H and O–H groups in total. The Hall–Kier alpha value is -1.78. The number of ether oxygens (including phenoxy) is 2. The summed E-state index contributed by atoms with van der Waals surface area (Å²) >= 11 is 0. The van der Waals surface area contributed by atoms with Crippen molar-refractivity contribution in [3.8, 4) is 11.5 Å². The van der Waals surface area contributed by atoms with Gasteiger partial charge in [0.05, 0.1) is 12.2 Å². The Balaban J connectivity index is 1.91. The van der Waals surface area contributed by atoms with Crippen molar-refractivity contribution >= 4 is 10.8 Å². The van der Waals surface area contributed by atoms with E-state index in [1.54, 1.807) is 0 Å². The minimum absolute atomic E-state index is 0.0903. The van der Waals surface area contributed by atoms with Crippen LogP contribution in [0.5, 0.6) is 11.5 Å². The van der Waals surface area contributed by atoms with Gasteiger partial charge in [0, 0.05) is 21.9 Å². The van der Waals surface area contributed by atoms with Gasteiger partial charge in [0.1, 0.15) is 24.7 Å². The van der Waals surface area contributed by atoms with Gasteiger partial charge in [0.15, 0.2) is 0 Å². The second-order valence-electron chi connectivity index (χ2n) is 9.24. The van der Waals surface area contributed by atoms with Gasteiger partial charge in [0.25, 0.3) is 0 Å². The average Bonchev–Trinajstić information content (AvgIpc) is 3.24. The number of hydrogen-bond acceptors (Lipinski definition) is 4. The van der Waals surface area contributed by atoms with Gasteiger partial charge >= 0.3 is 0 Å². The number of aliphatic hydroxyl groups excluding tert-OH is 2. The summed E-state index contributed by atoms with van der Waals surface area (Å²) in [5, 5.41) is 22.4. The maximum atomic E-state index is 10.1. The van der Waals surface area contributed by atoms with Crippen molar-refractivity contribution in [3.63, 3.8) is 0 Å². The lowest BCUT2D eigenvalue weighted by Gasteiger charge is -2.30. The Bertz CT molecular complexity index is 906. The first-order chi connectivity index (χ1) is 13.9. The molecule has 2 aromatic carbocycles. The second kappa shape index (κ2) is 7.81. The van der Waals surface area contributed by atoms with Crippen molar-refractivity contribution in [3.05, 3.63) is 34.9 Å². The summed E-state index contributed by atoms with van der Waals surface area (Å²) in [6, 6.07) is 6.40. The third-order valence-corrected chi connectivity index (χ3v) is 6.94. The number of benzene rings is 2. The molecule has 2 aromatic rings. The Kier molecular flexibility index (Phi) is 5.52. The predicted octanol–water partition coefficient (Wildman–Crippen LogP) is 4.99. The fourth-order valence-corrected chi connectivity index (χ4v) is 5.16. The number of aliphatic hydroxyl groups is 2. The highest BCUT2D eigenvalue weighted by Crippen LogP contribution is 2.64. The van der Waals surface area contributed by atoms with E-state index in [0.29, 0.717) is 32.0 Å². The molecule has 0 amide bonds.